The van der Waals surface area contributed by atoms with Crippen molar-refractivity contribution in [1.29, 1.82) is 0 Å². The van der Waals surface area contributed by atoms with Crippen molar-refractivity contribution in [2.45, 2.75) is 13.3 Å². The lowest BCUT2D eigenvalue weighted by molar-refractivity contribution is -0.123. The molecule has 26 heavy (non-hydrogen) atoms. The number of hydrogen-bond acceptors (Lipinski definition) is 5. The molecule has 0 saturated heterocycles. The molecule has 1 heterocycles. The van der Waals surface area contributed by atoms with Crippen LogP contribution in [-0.4, -0.2) is 38.9 Å². The van der Waals surface area contributed by atoms with E-state index in [0.29, 0.717) is 38.5 Å². The summed E-state index contributed by atoms with van der Waals surface area (Å²) in [6.45, 7) is 4.21. The van der Waals surface area contributed by atoms with Crippen LogP contribution in [0.25, 0.3) is 0 Å². The standard InChI is InChI=1S/C20H23NO5/c1-2-23-16-4-6-17(7-5-16)26-14-20(22)21-10-9-15-3-8-18-19(13-15)25-12-11-24-18/h3-8,13H,2,9-12,14H2,1H3,(H,21,22). The maximum atomic E-state index is 11.9. The topological polar surface area (TPSA) is 66.0 Å². The van der Waals surface area contributed by atoms with Crippen molar-refractivity contribution in [2.24, 2.45) is 0 Å². The van der Waals surface area contributed by atoms with E-state index in [4.69, 9.17) is 18.9 Å². The zero-order valence-corrected chi connectivity index (χ0v) is 14.8. The molecule has 0 unspecified atom stereocenters. The van der Waals surface area contributed by atoms with E-state index in [0.717, 1.165) is 22.8 Å². The fourth-order valence-corrected chi connectivity index (χ4v) is 2.59. The Morgan fingerprint density at radius 1 is 1.00 bits per heavy atom. The fourth-order valence-electron chi connectivity index (χ4n) is 2.59. The predicted molar refractivity (Wildman–Crippen MR) is 97.3 cm³/mol. The summed E-state index contributed by atoms with van der Waals surface area (Å²) in [5, 5.41) is 2.85. The molecule has 6 heteroatoms. The fraction of sp³-hybridized carbons (Fsp3) is 0.350. The van der Waals surface area contributed by atoms with E-state index in [1.54, 1.807) is 12.1 Å². The van der Waals surface area contributed by atoms with Gasteiger partial charge >= 0.3 is 0 Å². The normalized spacial score (nSPS) is 12.3. The van der Waals surface area contributed by atoms with Gasteiger partial charge in [0.25, 0.3) is 5.91 Å². The molecule has 6 nitrogen and oxygen atoms in total. The number of ether oxygens (including phenoxy) is 4. The molecule has 0 radical (unpaired) electrons. The van der Waals surface area contributed by atoms with E-state index in [1.165, 1.54) is 0 Å². The summed E-state index contributed by atoms with van der Waals surface area (Å²) in [5.74, 6) is 2.79. The number of nitrogens with one attached hydrogen (secondary N) is 1. The van der Waals surface area contributed by atoms with Crippen LogP contribution in [0.2, 0.25) is 0 Å². The van der Waals surface area contributed by atoms with E-state index in [9.17, 15) is 4.79 Å². The first-order chi connectivity index (χ1) is 12.7. The Morgan fingerprint density at radius 3 is 2.42 bits per heavy atom. The highest BCUT2D eigenvalue weighted by molar-refractivity contribution is 5.77. The molecule has 1 amide bonds. The van der Waals surface area contributed by atoms with Crippen LogP contribution < -0.4 is 24.3 Å². The van der Waals surface area contributed by atoms with Gasteiger partial charge in [-0.25, -0.2) is 0 Å². The third-order valence-corrected chi connectivity index (χ3v) is 3.85. The summed E-state index contributed by atoms with van der Waals surface area (Å²) < 4.78 is 21.9. The van der Waals surface area contributed by atoms with Gasteiger partial charge in [-0.3, -0.25) is 4.79 Å². The minimum atomic E-state index is -0.156. The number of hydrogen-bond donors (Lipinski definition) is 1. The highest BCUT2D eigenvalue weighted by Crippen LogP contribution is 2.30. The Hall–Kier alpha value is -2.89. The van der Waals surface area contributed by atoms with Crippen LogP contribution in [0.1, 0.15) is 12.5 Å². The van der Waals surface area contributed by atoms with Crippen molar-refractivity contribution in [2.75, 3.05) is 33.0 Å². The first-order valence-corrected chi connectivity index (χ1v) is 8.75. The highest BCUT2D eigenvalue weighted by Gasteiger charge is 2.11. The number of amides is 1. The Kier molecular flexibility index (Phi) is 6.19. The van der Waals surface area contributed by atoms with Gasteiger partial charge in [-0.1, -0.05) is 6.07 Å². The average molecular weight is 357 g/mol. The molecule has 138 valence electrons. The molecule has 2 aromatic carbocycles. The van der Waals surface area contributed by atoms with Gasteiger partial charge in [0, 0.05) is 6.54 Å². The van der Waals surface area contributed by atoms with Crippen molar-refractivity contribution in [3.63, 3.8) is 0 Å². The number of benzene rings is 2. The Labute approximate surface area is 153 Å². The Morgan fingerprint density at radius 2 is 1.69 bits per heavy atom. The van der Waals surface area contributed by atoms with Gasteiger partial charge in [0.2, 0.25) is 0 Å². The molecule has 1 N–H and O–H groups in total. The van der Waals surface area contributed by atoms with Crippen molar-refractivity contribution >= 4 is 5.91 Å². The van der Waals surface area contributed by atoms with Crippen molar-refractivity contribution in [3.8, 4) is 23.0 Å². The molecule has 0 aromatic heterocycles. The second-order valence-corrected chi connectivity index (χ2v) is 5.77. The van der Waals surface area contributed by atoms with Crippen LogP contribution in [-0.2, 0) is 11.2 Å². The van der Waals surface area contributed by atoms with Gasteiger partial charge in [-0.2, -0.15) is 0 Å². The maximum absolute atomic E-state index is 11.9. The summed E-state index contributed by atoms with van der Waals surface area (Å²) in [6.07, 6.45) is 0.714. The van der Waals surface area contributed by atoms with Crippen LogP contribution in [0.3, 0.4) is 0 Å². The van der Waals surface area contributed by atoms with E-state index in [-0.39, 0.29) is 12.5 Å². The number of rotatable bonds is 8. The predicted octanol–water partition coefficient (Wildman–Crippen LogP) is 2.59. The van der Waals surface area contributed by atoms with Crippen LogP contribution in [0.5, 0.6) is 23.0 Å². The smallest absolute Gasteiger partial charge is 0.257 e. The highest BCUT2D eigenvalue weighted by atomic mass is 16.6. The van der Waals surface area contributed by atoms with Gasteiger partial charge in [0.15, 0.2) is 18.1 Å². The lowest BCUT2D eigenvalue weighted by atomic mass is 10.1. The molecule has 1 aliphatic rings. The number of carbonyl (C=O) groups excluding carboxylic acids is 1. The molecule has 0 saturated carbocycles. The minimum Gasteiger partial charge on any atom is -0.494 e. The summed E-state index contributed by atoms with van der Waals surface area (Å²) in [5.41, 5.74) is 1.09. The number of carbonyl (C=O) groups is 1. The molecule has 1 aliphatic heterocycles. The summed E-state index contributed by atoms with van der Waals surface area (Å²) >= 11 is 0. The molecule has 3 rings (SSSR count). The molecular formula is C20H23NO5. The maximum Gasteiger partial charge on any atom is 0.257 e. The van der Waals surface area contributed by atoms with Crippen molar-refractivity contribution < 1.29 is 23.7 Å². The molecule has 2 aromatic rings. The van der Waals surface area contributed by atoms with Crippen molar-refractivity contribution in [1.82, 2.24) is 5.32 Å². The van der Waals surface area contributed by atoms with E-state index in [2.05, 4.69) is 5.32 Å². The third kappa shape index (κ3) is 5.05. The third-order valence-electron chi connectivity index (χ3n) is 3.85. The number of fused-ring (bicyclic) bond motifs is 1. The van der Waals surface area contributed by atoms with E-state index >= 15 is 0 Å². The first-order valence-electron chi connectivity index (χ1n) is 8.75. The monoisotopic (exact) mass is 357 g/mol. The van der Waals surface area contributed by atoms with Gasteiger partial charge in [-0.05, 0) is 55.3 Å². The average Bonchev–Trinajstić information content (AvgIpc) is 2.67. The van der Waals surface area contributed by atoms with Gasteiger partial charge in [-0.15, -0.1) is 0 Å². The second kappa shape index (κ2) is 8.99. The van der Waals surface area contributed by atoms with Crippen LogP contribution in [0.4, 0.5) is 0 Å². The lowest BCUT2D eigenvalue weighted by Gasteiger charge is -2.18. The largest absolute Gasteiger partial charge is 0.494 e. The van der Waals surface area contributed by atoms with Crippen LogP contribution in [0, 0.1) is 0 Å². The lowest BCUT2D eigenvalue weighted by Crippen LogP contribution is -2.30. The Bertz CT molecular complexity index is 729. The molecule has 0 spiro atoms. The zero-order chi connectivity index (χ0) is 18.2. The summed E-state index contributed by atoms with van der Waals surface area (Å²) in [4.78, 5) is 11.9. The van der Waals surface area contributed by atoms with Gasteiger partial charge in [0.1, 0.15) is 24.7 Å². The van der Waals surface area contributed by atoms with Crippen LogP contribution >= 0.6 is 0 Å². The van der Waals surface area contributed by atoms with Gasteiger partial charge < -0.3 is 24.3 Å². The van der Waals surface area contributed by atoms with Crippen LogP contribution in [0.15, 0.2) is 42.5 Å². The van der Waals surface area contributed by atoms with E-state index in [1.807, 2.05) is 37.3 Å². The molecule has 0 fully saturated rings. The SMILES string of the molecule is CCOc1ccc(OCC(=O)NCCc2ccc3c(c2)OCCO3)cc1. The molecule has 0 atom stereocenters. The molecular weight excluding hydrogens is 334 g/mol. The summed E-state index contributed by atoms with van der Waals surface area (Å²) in [6, 6.07) is 13.0. The first kappa shape index (κ1) is 17.9. The Balaban J connectivity index is 1.39. The molecule has 0 aliphatic carbocycles. The quantitative estimate of drug-likeness (QED) is 0.787. The van der Waals surface area contributed by atoms with Gasteiger partial charge in [0.05, 0.1) is 6.61 Å². The van der Waals surface area contributed by atoms with E-state index < -0.39 is 0 Å². The molecule has 0 bridgehead atoms. The second-order valence-electron chi connectivity index (χ2n) is 5.77. The van der Waals surface area contributed by atoms with Crippen molar-refractivity contribution in [3.05, 3.63) is 48.0 Å². The summed E-state index contributed by atoms with van der Waals surface area (Å²) in [7, 11) is 0. The minimum absolute atomic E-state index is 0.0187. The zero-order valence-electron chi connectivity index (χ0n) is 14.8.